The fourth-order valence-corrected chi connectivity index (χ4v) is 2.41. The second-order valence-corrected chi connectivity index (χ2v) is 4.65. The van der Waals surface area contributed by atoms with Gasteiger partial charge in [-0.3, -0.25) is 19.3 Å². The quantitative estimate of drug-likeness (QED) is 0.480. The van der Waals surface area contributed by atoms with Crippen molar-refractivity contribution >= 4 is 17.7 Å². The molecule has 6 heteroatoms. The highest BCUT2D eigenvalue weighted by Gasteiger charge is 2.49. The summed E-state index contributed by atoms with van der Waals surface area (Å²) in [6.07, 6.45) is 2.38. The Morgan fingerprint density at radius 3 is 2.35 bits per heavy atom. The number of amides is 3. The van der Waals surface area contributed by atoms with Gasteiger partial charge in [-0.15, -0.1) is 0 Å². The van der Waals surface area contributed by atoms with E-state index >= 15 is 0 Å². The molecule has 2 N–H and O–H groups in total. The molecule has 6 nitrogen and oxygen atoms in total. The SMILES string of the molecule is CN1C(=O)C(O)C(C(=O)NC2CCCC2)C1=O. The highest BCUT2D eigenvalue weighted by molar-refractivity contribution is 6.15. The highest BCUT2D eigenvalue weighted by atomic mass is 16.3. The normalized spacial score (nSPS) is 30.1. The molecule has 3 amide bonds. The van der Waals surface area contributed by atoms with Gasteiger partial charge in [0.05, 0.1) is 0 Å². The van der Waals surface area contributed by atoms with Crippen LogP contribution >= 0.6 is 0 Å². The first kappa shape index (κ1) is 12.0. The Balaban J connectivity index is 2.03. The van der Waals surface area contributed by atoms with Crippen molar-refractivity contribution in [3.8, 4) is 0 Å². The Kier molecular flexibility index (Phi) is 3.15. The lowest BCUT2D eigenvalue weighted by atomic mass is 10.0. The Hall–Kier alpha value is -1.43. The van der Waals surface area contributed by atoms with Crippen molar-refractivity contribution in [2.75, 3.05) is 7.05 Å². The van der Waals surface area contributed by atoms with E-state index in [1.165, 1.54) is 7.05 Å². The number of carbonyl (C=O) groups is 3. The van der Waals surface area contributed by atoms with E-state index in [1.54, 1.807) is 0 Å². The molecule has 1 heterocycles. The van der Waals surface area contributed by atoms with Crippen molar-refractivity contribution in [1.82, 2.24) is 10.2 Å². The Morgan fingerprint density at radius 1 is 1.29 bits per heavy atom. The molecule has 1 aliphatic heterocycles. The topological polar surface area (TPSA) is 86.7 Å². The van der Waals surface area contributed by atoms with Gasteiger partial charge < -0.3 is 10.4 Å². The van der Waals surface area contributed by atoms with Crippen molar-refractivity contribution in [2.45, 2.75) is 37.8 Å². The summed E-state index contributed by atoms with van der Waals surface area (Å²) in [6, 6.07) is 0.0727. The van der Waals surface area contributed by atoms with E-state index in [4.69, 9.17) is 0 Å². The van der Waals surface area contributed by atoms with E-state index < -0.39 is 29.7 Å². The fraction of sp³-hybridized carbons (Fsp3) is 0.727. The number of carbonyl (C=O) groups excluding carboxylic acids is 3. The summed E-state index contributed by atoms with van der Waals surface area (Å²) in [5.74, 6) is -3.14. The minimum atomic E-state index is -1.53. The van der Waals surface area contributed by atoms with Crippen molar-refractivity contribution in [1.29, 1.82) is 0 Å². The van der Waals surface area contributed by atoms with E-state index in [0.717, 1.165) is 30.6 Å². The largest absolute Gasteiger partial charge is 0.382 e. The molecule has 2 fully saturated rings. The molecule has 0 aromatic carbocycles. The van der Waals surface area contributed by atoms with Crippen LogP contribution in [0.3, 0.4) is 0 Å². The van der Waals surface area contributed by atoms with Crippen molar-refractivity contribution in [3.05, 3.63) is 0 Å². The van der Waals surface area contributed by atoms with Gasteiger partial charge in [0.25, 0.3) is 5.91 Å². The average Bonchev–Trinajstić information content (AvgIpc) is 2.84. The first-order valence-corrected chi connectivity index (χ1v) is 5.82. The molecule has 0 spiro atoms. The molecule has 2 aliphatic rings. The number of hydrogen-bond donors (Lipinski definition) is 2. The maximum atomic E-state index is 11.8. The minimum absolute atomic E-state index is 0.0727. The van der Waals surface area contributed by atoms with E-state index in [1.807, 2.05) is 0 Å². The molecule has 94 valence electrons. The molecular weight excluding hydrogens is 224 g/mol. The zero-order chi connectivity index (χ0) is 12.6. The number of imide groups is 1. The van der Waals surface area contributed by atoms with Crippen LogP contribution in [0.5, 0.6) is 0 Å². The lowest BCUT2D eigenvalue weighted by Crippen LogP contribution is -2.43. The summed E-state index contributed by atoms with van der Waals surface area (Å²) in [6.45, 7) is 0. The maximum absolute atomic E-state index is 11.8. The monoisotopic (exact) mass is 240 g/mol. The van der Waals surface area contributed by atoms with Gasteiger partial charge in [-0.2, -0.15) is 0 Å². The van der Waals surface area contributed by atoms with Crippen molar-refractivity contribution in [2.24, 2.45) is 5.92 Å². The van der Waals surface area contributed by atoms with E-state index in [2.05, 4.69) is 5.32 Å². The van der Waals surface area contributed by atoms with Crippen LogP contribution in [0.1, 0.15) is 25.7 Å². The molecule has 0 bridgehead atoms. The van der Waals surface area contributed by atoms with Gasteiger partial charge in [0.15, 0.2) is 12.0 Å². The molecule has 0 radical (unpaired) electrons. The first-order chi connectivity index (χ1) is 8.02. The zero-order valence-corrected chi connectivity index (χ0v) is 9.68. The molecule has 1 saturated carbocycles. The third-order valence-electron chi connectivity index (χ3n) is 3.48. The van der Waals surface area contributed by atoms with E-state index in [9.17, 15) is 19.5 Å². The average molecular weight is 240 g/mol. The van der Waals surface area contributed by atoms with Crippen molar-refractivity contribution < 1.29 is 19.5 Å². The molecule has 17 heavy (non-hydrogen) atoms. The number of nitrogens with zero attached hydrogens (tertiary/aromatic N) is 1. The number of nitrogens with one attached hydrogen (secondary N) is 1. The Bertz CT molecular complexity index is 362. The molecule has 2 atom stereocenters. The summed E-state index contributed by atoms with van der Waals surface area (Å²) >= 11 is 0. The summed E-state index contributed by atoms with van der Waals surface area (Å²) in [7, 11) is 1.27. The van der Waals surface area contributed by atoms with Gasteiger partial charge in [0.1, 0.15) is 0 Å². The third kappa shape index (κ3) is 2.04. The fourth-order valence-electron chi connectivity index (χ4n) is 2.41. The number of hydrogen-bond acceptors (Lipinski definition) is 4. The predicted molar refractivity (Wildman–Crippen MR) is 57.7 cm³/mol. The summed E-state index contributed by atoms with van der Waals surface area (Å²) in [4.78, 5) is 35.6. The predicted octanol–water partition coefficient (Wildman–Crippen LogP) is -0.979. The summed E-state index contributed by atoms with van der Waals surface area (Å²) in [5, 5.41) is 12.3. The third-order valence-corrected chi connectivity index (χ3v) is 3.48. The van der Waals surface area contributed by atoms with Gasteiger partial charge >= 0.3 is 0 Å². The van der Waals surface area contributed by atoms with Crippen molar-refractivity contribution in [3.63, 3.8) is 0 Å². The highest BCUT2D eigenvalue weighted by Crippen LogP contribution is 2.22. The second-order valence-electron chi connectivity index (χ2n) is 4.65. The van der Waals surface area contributed by atoms with E-state index in [0.29, 0.717) is 0 Å². The van der Waals surface area contributed by atoms with Crippen LogP contribution in [0.2, 0.25) is 0 Å². The van der Waals surface area contributed by atoms with Gasteiger partial charge in [0, 0.05) is 13.1 Å². The second kappa shape index (κ2) is 4.44. The lowest BCUT2D eigenvalue weighted by Gasteiger charge is -2.15. The van der Waals surface area contributed by atoms with Crippen LogP contribution in [0.25, 0.3) is 0 Å². The number of aliphatic hydroxyl groups is 1. The number of likely N-dealkylation sites (tertiary alicyclic amines) is 1. The molecule has 1 saturated heterocycles. The number of rotatable bonds is 2. The summed E-state index contributed by atoms with van der Waals surface area (Å²) in [5.41, 5.74) is 0. The van der Waals surface area contributed by atoms with Crippen LogP contribution in [0.4, 0.5) is 0 Å². The molecular formula is C11H16N2O4. The van der Waals surface area contributed by atoms with Gasteiger partial charge in [-0.05, 0) is 12.8 Å². The van der Waals surface area contributed by atoms with Crippen LogP contribution in [0.15, 0.2) is 0 Å². The lowest BCUT2D eigenvalue weighted by molar-refractivity contribution is -0.139. The molecule has 0 aromatic rings. The number of aliphatic hydroxyl groups excluding tert-OH is 1. The smallest absolute Gasteiger partial charge is 0.259 e. The molecule has 2 rings (SSSR count). The van der Waals surface area contributed by atoms with Crippen LogP contribution in [-0.2, 0) is 14.4 Å². The van der Waals surface area contributed by atoms with E-state index in [-0.39, 0.29) is 6.04 Å². The van der Waals surface area contributed by atoms with Gasteiger partial charge in [-0.25, -0.2) is 0 Å². The minimum Gasteiger partial charge on any atom is -0.382 e. The zero-order valence-electron chi connectivity index (χ0n) is 9.68. The standard InChI is InChI=1S/C11H16N2O4/c1-13-10(16)7(8(14)11(13)17)9(15)12-6-4-2-3-5-6/h6-8,14H,2-5H2,1H3,(H,12,15). The van der Waals surface area contributed by atoms with Crippen LogP contribution in [-0.4, -0.2) is 46.9 Å². The molecule has 2 unspecified atom stereocenters. The van der Waals surface area contributed by atoms with Gasteiger partial charge in [-0.1, -0.05) is 12.8 Å². The number of likely N-dealkylation sites (N-methyl/N-ethyl adjacent to an activating group) is 1. The molecule has 0 aromatic heterocycles. The van der Waals surface area contributed by atoms with Crippen LogP contribution < -0.4 is 5.32 Å². The summed E-state index contributed by atoms with van der Waals surface area (Å²) < 4.78 is 0. The maximum Gasteiger partial charge on any atom is 0.259 e. The Labute approximate surface area is 99.0 Å². The Morgan fingerprint density at radius 2 is 1.88 bits per heavy atom. The van der Waals surface area contributed by atoms with Crippen LogP contribution in [0, 0.1) is 5.92 Å². The first-order valence-electron chi connectivity index (χ1n) is 5.82. The van der Waals surface area contributed by atoms with Gasteiger partial charge in [0.2, 0.25) is 11.8 Å². The molecule has 1 aliphatic carbocycles.